The Balaban J connectivity index is 0.00000210. The average molecular weight is 383 g/mol. The predicted molar refractivity (Wildman–Crippen MR) is 116 cm³/mol. The maximum Gasteiger partial charge on any atom is 0.153 e. The lowest BCUT2D eigenvalue weighted by Crippen LogP contribution is -2.31. The van der Waals surface area contributed by atoms with Gasteiger partial charge in [0.15, 0.2) is 5.82 Å². The second kappa shape index (κ2) is 7.75. The number of aromatic nitrogens is 2. The van der Waals surface area contributed by atoms with Gasteiger partial charge in [-0.2, -0.15) is 0 Å². The van der Waals surface area contributed by atoms with Crippen LogP contribution in [0, 0.1) is 13.8 Å². The van der Waals surface area contributed by atoms with Crippen LogP contribution in [0.1, 0.15) is 28.1 Å². The highest BCUT2D eigenvalue weighted by molar-refractivity contribution is 5.94. The zero-order chi connectivity index (χ0) is 18.3. The van der Waals surface area contributed by atoms with E-state index in [1.165, 1.54) is 33.3 Å². The third-order valence-electron chi connectivity index (χ3n) is 5.60. The van der Waals surface area contributed by atoms with Gasteiger partial charge >= 0.3 is 0 Å². The number of hydrogen-bond donors (Lipinski definition) is 1. The summed E-state index contributed by atoms with van der Waals surface area (Å²) in [6.07, 6.45) is 3.00. The molecule has 0 amide bonds. The number of hydrogen-bond acceptors (Lipinski definition) is 3. The highest BCUT2D eigenvalue weighted by atomic mass is 35.5. The third-order valence-corrected chi connectivity index (χ3v) is 5.60. The van der Waals surface area contributed by atoms with Crippen molar-refractivity contribution >= 4 is 29.1 Å². The number of nitrogens with zero attached hydrogens (tertiary/aromatic N) is 3. The lowest BCUT2D eigenvalue weighted by molar-refractivity contribution is 0.715. The van der Waals surface area contributed by atoms with Crippen LogP contribution in [0.25, 0.3) is 10.9 Å². The molecule has 0 radical (unpaired) electrons. The Morgan fingerprint density at radius 3 is 2.67 bits per heavy atom. The molecule has 3 heterocycles. The van der Waals surface area contributed by atoms with Crippen molar-refractivity contribution in [2.45, 2.75) is 39.9 Å². The lowest BCUT2D eigenvalue weighted by Gasteiger charge is -2.31. The van der Waals surface area contributed by atoms with E-state index in [1.54, 1.807) is 0 Å². The van der Waals surface area contributed by atoms with Crippen LogP contribution in [0.2, 0.25) is 0 Å². The van der Waals surface area contributed by atoms with Crippen LogP contribution in [0.5, 0.6) is 0 Å². The van der Waals surface area contributed by atoms with E-state index in [4.69, 9.17) is 10.7 Å². The fourth-order valence-electron chi connectivity index (χ4n) is 4.05. The second-order valence-corrected chi connectivity index (χ2v) is 7.09. The Morgan fingerprint density at radius 2 is 1.96 bits per heavy atom. The van der Waals surface area contributed by atoms with Crippen molar-refractivity contribution in [3.8, 4) is 0 Å². The number of anilines is 1. The third kappa shape index (κ3) is 3.24. The largest absolute Gasteiger partial charge is 0.350 e. The van der Waals surface area contributed by atoms with E-state index >= 15 is 0 Å². The Kier molecular flexibility index (Phi) is 5.59. The zero-order valence-electron chi connectivity index (χ0n) is 16.0. The molecule has 0 fully saturated rings. The van der Waals surface area contributed by atoms with Gasteiger partial charge in [-0.15, -0.1) is 19.0 Å². The van der Waals surface area contributed by atoms with Gasteiger partial charge in [0.1, 0.15) is 0 Å². The molecule has 1 aromatic carbocycles. The minimum Gasteiger partial charge on any atom is -0.350 e. The SMILES string of the molecule is C=CCn1c(C)c(C)c2cc(CN)nc(N3CCc4ccccc4C3)c21.Cl. The second-order valence-electron chi connectivity index (χ2n) is 7.09. The first-order valence-electron chi connectivity index (χ1n) is 9.26. The fraction of sp³-hybridized carbons (Fsp3) is 0.318. The average Bonchev–Trinajstić information content (AvgIpc) is 2.92. The van der Waals surface area contributed by atoms with E-state index in [1.807, 2.05) is 6.08 Å². The lowest BCUT2D eigenvalue weighted by atomic mass is 10.00. The summed E-state index contributed by atoms with van der Waals surface area (Å²) >= 11 is 0. The molecule has 0 atom stereocenters. The molecule has 1 aliphatic rings. The van der Waals surface area contributed by atoms with E-state index in [0.29, 0.717) is 6.54 Å². The molecule has 0 aliphatic carbocycles. The summed E-state index contributed by atoms with van der Waals surface area (Å²) in [5.74, 6) is 1.05. The first-order valence-corrected chi connectivity index (χ1v) is 9.26. The fourth-order valence-corrected chi connectivity index (χ4v) is 4.05. The molecule has 0 unspecified atom stereocenters. The monoisotopic (exact) mass is 382 g/mol. The maximum atomic E-state index is 5.97. The summed E-state index contributed by atoms with van der Waals surface area (Å²) in [5.41, 5.74) is 13.5. The van der Waals surface area contributed by atoms with Crippen molar-refractivity contribution in [1.29, 1.82) is 0 Å². The maximum absolute atomic E-state index is 5.97. The smallest absolute Gasteiger partial charge is 0.153 e. The number of benzene rings is 1. The minimum absolute atomic E-state index is 0. The van der Waals surface area contributed by atoms with Gasteiger partial charge in [-0.1, -0.05) is 30.3 Å². The molecule has 27 heavy (non-hydrogen) atoms. The van der Waals surface area contributed by atoms with Crippen molar-refractivity contribution in [2.24, 2.45) is 5.73 Å². The van der Waals surface area contributed by atoms with Crippen LogP contribution >= 0.6 is 12.4 Å². The number of fused-ring (bicyclic) bond motifs is 2. The van der Waals surface area contributed by atoms with Crippen molar-refractivity contribution in [3.05, 3.63) is 71.1 Å². The molecule has 142 valence electrons. The highest BCUT2D eigenvalue weighted by Gasteiger charge is 2.23. The number of rotatable bonds is 4. The van der Waals surface area contributed by atoms with Gasteiger partial charge in [0.25, 0.3) is 0 Å². The predicted octanol–water partition coefficient (Wildman–Crippen LogP) is 4.28. The van der Waals surface area contributed by atoms with Crippen molar-refractivity contribution in [1.82, 2.24) is 9.55 Å². The van der Waals surface area contributed by atoms with Crippen LogP contribution < -0.4 is 10.6 Å². The zero-order valence-corrected chi connectivity index (χ0v) is 16.9. The standard InChI is InChI=1S/C22H26N4.ClH/c1-4-10-26-16(3)15(2)20-12-19(13-23)24-22(21(20)26)25-11-9-17-7-5-6-8-18(17)14-25;/h4-8,12H,1,9-11,13-14,23H2,2-3H3;1H. The molecule has 2 aromatic heterocycles. The van der Waals surface area contributed by atoms with Gasteiger partial charge < -0.3 is 15.2 Å². The van der Waals surface area contributed by atoms with Crippen LogP contribution in [-0.4, -0.2) is 16.1 Å². The number of halogens is 1. The quantitative estimate of drug-likeness (QED) is 0.685. The summed E-state index contributed by atoms with van der Waals surface area (Å²) in [7, 11) is 0. The molecule has 2 N–H and O–H groups in total. The van der Waals surface area contributed by atoms with Crippen molar-refractivity contribution in [2.75, 3.05) is 11.4 Å². The molecule has 0 saturated carbocycles. The Labute approximate surface area is 167 Å². The molecule has 5 heteroatoms. The molecule has 4 nitrogen and oxygen atoms in total. The van der Waals surface area contributed by atoms with Crippen molar-refractivity contribution < 1.29 is 0 Å². The summed E-state index contributed by atoms with van der Waals surface area (Å²) in [6.45, 7) is 11.4. The van der Waals surface area contributed by atoms with E-state index in [9.17, 15) is 0 Å². The van der Waals surface area contributed by atoms with Gasteiger partial charge in [-0.05, 0) is 43.0 Å². The van der Waals surface area contributed by atoms with Gasteiger partial charge in [0, 0.05) is 37.3 Å². The molecule has 0 bridgehead atoms. The Bertz CT molecular complexity index is 990. The summed E-state index contributed by atoms with van der Waals surface area (Å²) < 4.78 is 2.33. The van der Waals surface area contributed by atoms with Gasteiger partial charge in [-0.3, -0.25) is 0 Å². The Morgan fingerprint density at radius 1 is 1.22 bits per heavy atom. The Hall–Kier alpha value is -2.30. The summed E-state index contributed by atoms with van der Waals surface area (Å²) in [6, 6.07) is 10.9. The number of allylic oxidation sites excluding steroid dienone is 1. The molecule has 0 spiro atoms. The van der Waals surface area contributed by atoms with Gasteiger partial charge in [0.2, 0.25) is 0 Å². The van der Waals surface area contributed by atoms with E-state index in [-0.39, 0.29) is 12.4 Å². The topological polar surface area (TPSA) is 47.1 Å². The molecule has 3 aromatic rings. The number of nitrogens with two attached hydrogens (primary N) is 1. The number of pyridine rings is 1. The number of aryl methyl sites for hydroxylation is 1. The molecular weight excluding hydrogens is 356 g/mol. The normalized spacial score (nSPS) is 13.4. The van der Waals surface area contributed by atoms with Gasteiger partial charge in [0.05, 0.1) is 11.2 Å². The van der Waals surface area contributed by atoms with Gasteiger partial charge in [-0.25, -0.2) is 4.98 Å². The first kappa shape index (κ1) is 19.5. The van der Waals surface area contributed by atoms with E-state index in [0.717, 1.165) is 37.6 Å². The van der Waals surface area contributed by atoms with Crippen LogP contribution in [0.4, 0.5) is 5.82 Å². The van der Waals surface area contributed by atoms with Crippen LogP contribution in [0.15, 0.2) is 43.0 Å². The highest BCUT2D eigenvalue weighted by Crippen LogP contribution is 2.34. The molecule has 0 saturated heterocycles. The molecule has 4 rings (SSSR count). The van der Waals surface area contributed by atoms with Crippen LogP contribution in [0.3, 0.4) is 0 Å². The molecule has 1 aliphatic heterocycles. The van der Waals surface area contributed by atoms with Crippen molar-refractivity contribution in [3.63, 3.8) is 0 Å². The molecular formula is C22H27ClN4. The van der Waals surface area contributed by atoms with E-state index < -0.39 is 0 Å². The van der Waals surface area contributed by atoms with Crippen LogP contribution in [-0.2, 0) is 26.1 Å². The minimum atomic E-state index is 0. The first-order chi connectivity index (χ1) is 12.6. The van der Waals surface area contributed by atoms with E-state index in [2.05, 4.69) is 60.2 Å². The summed E-state index contributed by atoms with van der Waals surface area (Å²) in [4.78, 5) is 7.36. The summed E-state index contributed by atoms with van der Waals surface area (Å²) in [5, 5.41) is 1.26.